The number of hydrogen-bond acceptors (Lipinski definition) is 7. The third kappa shape index (κ3) is 3.18. The van der Waals surface area contributed by atoms with Gasteiger partial charge in [-0.3, -0.25) is 5.10 Å². The maximum Gasteiger partial charge on any atom is 0.341 e. The van der Waals surface area contributed by atoms with E-state index in [-0.39, 0.29) is 18.1 Å². The number of nitrogens with zero attached hydrogens (tertiary/aromatic N) is 2. The Bertz CT molecular complexity index is 895. The number of nitrogens with one attached hydrogen (secondary N) is 1. The van der Waals surface area contributed by atoms with Gasteiger partial charge in [0.1, 0.15) is 17.4 Å². The lowest BCUT2D eigenvalue weighted by molar-refractivity contribution is -0.139. The van der Waals surface area contributed by atoms with Crippen LogP contribution < -0.4 is 15.2 Å². The number of benzene rings is 1. The number of carboxylic acid groups (broad SMARTS) is 1. The van der Waals surface area contributed by atoms with Crippen LogP contribution in [0.3, 0.4) is 0 Å². The number of aromatic amines is 1. The van der Waals surface area contributed by atoms with Gasteiger partial charge in [-0.05, 0) is 17.7 Å². The number of nitrogens with two attached hydrogens (primary N) is 1. The van der Waals surface area contributed by atoms with E-state index in [1.165, 1.54) is 0 Å². The molecule has 134 valence electrons. The highest BCUT2D eigenvalue weighted by Crippen LogP contribution is 2.43. The van der Waals surface area contributed by atoms with Crippen LogP contribution >= 0.6 is 0 Å². The van der Waals surface area contributed by atoms with Gasteiger partial charge in [-0.25, -0.2) is 4.79 Å². The lowest BCUT2D eigenvalue weighted by Gasteiger charge is -2.24. The summed E-state index contributed by atoms with van der Waals surface area (Å²) in [5.41, 5.74) is 8.26. The van der Waals surface area contributed by atoms with E-state index in [1.54, 1.807) is 31.4 Å². The second-order valence-corrected chi connectivity index (χ2v) is 5.53. The Morgan fingerprint density at radius 3 is 2.81 bits per heavy atom. The van der Waals surface area contributed by atoms with Crippen molar-refractivity contribution in [1.29, 1.82) is 5.26 Å². The van der Waals surface area contributed by atoms with Crippen molar-refractivity contribution in [3.63, 3.8) is 0 Å². The average molecular weight is 356 g/mol. The maximum absolute atomic E-state index is 10.6. The molecule has 0 saturated heterocycles. The molecule has 3 rings (SSSR count). The molecule has 0 aliphatic carbocycles. The summed E-state index contributed by atoms with van der Waals surface area (Å²) in [6, 6.07) is 8.84. The number of carbonyl (C=O) groups is 1. The molecule has 1 aliphatic rings. The monoisotopic (exact) mass is 356 g/mol. The van der Waals surface area contributed by atoms with Gasteiger partial charge < -0.3 is 25.1 Å². The molecule has 0 saturated carbocycles. The second kappa shape index (κ2) is 7.16. The number of hydrogen-bond donors (Lipinski definition) is 3. The summed E-state index contributed by atoms with van der Waals surface area (Å²) in [7, 11) is 1.55. The van der Waals surface area contributed by atoms with E-state index in [0.29, 0.717) is 22.9 Å². The van der Waals surface area contributed by atoms with Crippen molar-refractivity contribution in [2.45, 2.75) is 12.5 Å². The Balaban J connectivity index is 2.01. The van der Waals surface area contributed by atoms with Crippen LogP contribution in [-0.4, -0.2) is 35.0 Å². The molecule has 0 spiro atoms. The largest absolute Gasteiger partial charge is 0.482 e. The second-order valence-electron chi connectivity index (χ2n) is 5.53. The Labute approximate surface area is 148 Å². The van der Waals surface area contributed by atoms with Gasteiger partial charge in [0.25, 0.3) is 0 Å². The molecule has 4 N–H and O–H groups in total. The SMILES string of the molecule is COCc1[nH]nc2c1C(c1ccc(OCC(=O)O)cc1)C(C#N)=C(N)O2. The predicted octanol–water partition coefficient (Wildman–Crippen LogP) is 1.24. The van der Waals surface area contributed by atoms with Gasteiger partial charge in [0, 0.05) is 7.11 Å². The van der Waals surface area contributed by atoms with E-state index in [0.717, 1.165) is 5.56 Å². The van der Waals surface area contributed by atoms with Crippen molar-refractivity contribution in [1.82, 2.24) is 10.2 Å². The zero-order chi connectivity index (χ0) is 18.7. The molecule has 2 heterocycles. The minimum Gasteiger partial charge on any atom is -0.482 e. The highest BCUT2D eigenvalue weighted by Gasteiger charge is 2.35. The van der Waals surface area contributed by atoms with Gasteiger partial charge in [-0.2, -0.15) is 5.26 Å². The highest BCUT2D eigenvalue weighted by atomic mass is 16.5. The number of fused-ring (bicyclic) bond motifs is 1. The molecule has 2 aromatic rings. The van der Waals surface area contributed by atoms with Gasteiger partial charge in [-0.1, -0.05) is 12.1 Å². The summed E-state index contributed by atoms with van der Waals surface area (Å²) in [4.78, 5) is 10.6. The topological polar surface area (TPSA) is 143 Å². The minimum absolute atomic E-state index is 0.00771. The lowest BCUT2D eigenvalue weighted by Crippen LogP contribution is -2.21. The third-order valence-electron chi connectivity index (χ3n) is 3.88. The van der Waals surface area contributed by atoms with Gasteiger partial charge in [-0.15, -0.1) is 5.10 Å². The van der Waals surface area contributed by atoms with E-state index < -0.39 is 18.5 Å². The van der Waals surface area contributed by atoms with E-state index >= 15 is 0 Å². The number of methoxy groups -OCH3 is 1. The van der Waals surface area contributed by atoms with Gasteiger partial charge in [0.05, 0.1) is 23.8 Å². The Morgan fingerprint density at radius 2 is 2.19 bits per heavy atom. The minimum atomic E-state index is -1.06. The number of carboxylic acids is 1. The van der Waals surface area contributed by atoms with Crippen molar-refractivity contribution < 1.29 is 24.1 Å². The molecule has 9 heteroatoms. The highest BCUT2D eigenvalue weighted by molar-refractivity contribution is 5.68. The first-order chi connectivity index (χ1) is 12.5. The molecule has 1 aliphatic heterocycles. The Hall–Kier alpha value is -3.51. The van der Waals surface area contributed by atoms with E-state index in [4.69, 9.17) is 25.1 Å². The molecule has 1 aromatic heterocycles. The summed E-state index contributed by atoms with van der Waals surface area (Å²) in [5, 5.41) is 25.2. The zero-order valence-electron chi connectivity index (χ0n) is 13.9. The fourth-order valence-corrected chi connectivity index (χ4v) is 2.80. The number of aliphatic carboxylic acids is 1. The van der Waals surface area contributed by atoms with Crippen LogP contribution in [0.5, 0.6) is 11.6 Å². The molecule has 9 nitrogen and oxygen atoms in total. The lowest BCUT2D eigenvalue weighted by atomic mass is 9.84. The first-order valence-corrected chi connectivity index (χ1v) is 7.63. The third-order valence-corrected chi connectivity index (χ3v) is 3.88. The Morgan fingerprint density at radius 1 is 1.46 bits per heavy atom. The van der Waals surface area contributed by atoms with Crippen molar-refractivity contribution in [3.05, 3.63) is 52.5 Å². The van der Waals surface area contributed by atoms with E-state index in [2.05, 4.69) is 16.3 Å². The number of rotatable bonds is 6. The summed E-state index contributed by atoms with van der Waals surface area (Å²) in [6.07, 6.45) is 0. The number of H-pyrrole nitrogens is 1. The summed E-state index contributed by atoms with van der Waals surface area (Å²) >= 11 is 0. The molecule has 0 bridgehead atoms. The average Bonchev–Trinajstić information content (AvgIpc) is 3.02. The first kappa shape index (κ1) is 17.3. The van der Waals surface area contributed by atoms with Crippen molar-refractivity contribution in [3.8, 4) is 17.7 Å². The summed E-state index contributed by atoms with van der Waals surface area (Å²) in [6.45, 7) is -0.169. The fraction of sp³-hybridized carbons (Fsp3) is 0.235. The maximum atomic E-state index is 10.6. The van der Waals surface area contributed by atoms with Gasteiger partial charge in [0.2, 0.25) is 11.8 Å². The quantitative estimate of drug-likeness (QED) is 0.701. The Kier molecular flexibility index (Phi) is 4.77. The molecule has 0 fully saturated rings. The molecule has 0 radical (unpaired) electrons. The smallest absolute Gasteiger partial charge is 0.341 e. The molecular weight excluding hydrogens is 340 g/mol. The van der Waals surface area contributed by atoms with Crippen LogP contribution in [-0.2, 0) is 16.1 Å². The van der Waals surface area contributed by atoms with Gasteiger partial charge >= 0.3 is 5.97 Å². The van der Waals surface area contributed by atoms with Crippen molar-refractivity contribution in [2.24, 2.45) is 5.73 Å². The molecule has 1 atom stereocenters. The number of allylic oxidation sites excluding steroid dienone is 1. The number of nitriles is 1. The van der Waals surface area contributed by atoms with Crippen molar-refractivity contribution in [2.75, 3.05) is 13.7 Å². The number of ether oxygens (including phenoxy) is 3. The summed E-state index contributed by atoms with van der Waals surface area (Å²) < 4.78 is 15.8. The summed E-state index contributed by atoms with van der Waals surface area (Å²) in [5.74, 6) is -0.853. The molecule has 26 heavy (non-hydrogen) atoms. The normalized spacial score (nSPS) is 15.8. The molecular formula is C17H16N4O5. The number of aromatic nitrogens is 2. The van der Waals surface area contributed by atoms with Crippen LogP contribution in [0.2, 0.25) is 0 Å². The van der Waals surface area contributed by atoms with Crippen LogP contribution in [0, 0.1) is 11.3 Å². The molecule has 0 amide bonds. The fourth-order valence-electron chi connectivity index (χ4n) is 2.80. The van der Waals surface area contributed by atoms with E-state index in [1.807, 2.05) is 0 Å². The molecule has 1 aromatic carbocycles. The van der Waals surface area contributed by atoms with Gasteiger partial charge in [0.15, 0.2) is 6.61 Å². The van der Waals surface area contributed by atoms with Crippen LogP contribution in [0.25, 0.3) is 0 Å². The van der Waals surface area contributed by atoms with Crippen LogP contribution in [0.4, 0.5) is 0 Å². The standard InChI is InChI=1S/C17H16N4O5/c1-24-7-12-15-14(11(6-18)16(19)26-17(15)21-20-12)9-2-4-10(5-3-9)25-8-13(22)23/h2-5,14H,7-8,19H2,1H3,(H,20,21)(H,22,23). The first-order valence-electron chi connectivity index (χ1n) is 7.63. The zero-order valence-corrected chi connectivity index (χ0v) is 13.9. The molecule has 1 unspecified atom stereocenters. The van der Waals surface area contributed by atoms with Crippen LogP contribution in [0.15, 0.2) is 35.7 Å². The van der Waals surface area contributed by atoms with Crippen LogP contribution in [0.1, 0.15) is 22.7 Å². The van der Waals surface area contributed by atoms with E-state index in [9.17, 15) is 10.1 Å². The predicted molar refractivity (Wildman–Crippen MR) is 88.2 cm³/mol. The van der Waals surface area contributed by atoms with Crippen molar-refractivity contribution >= 4 is 5.97 Å².